The summed E-state index contributed by atoms with van der Waals surface area (Å²) in [6.45, 7) is 2.20. The van der Waals surface area contributed by atoms with Gasteiger partial charge in [-0.25, -0.2) is 23.1 Å². The highest BCUT2D eigenvalue weighted by Gasteiger charge is 2.22. The van der Waals surface area contributed by atoms with Crippen LogP contribution in [0.4, 0.5) is 0 Å². The molecule has 1 amide bonds. The molecule has 1 N–H and O–H groups in total. The number of thiophene rings is 1. The molecule has 192 valence electrons. The van der Waals surface area contributed by atoms with Gasteiger partial charge in [0.25, 0.3) is 15.9 Å². The number of sulfonamides is 1. The largest absolute Gasteiger partial charge is 0.308 e. The van der Waals surface area contributed by atoms with Crippen molar-refractivity contribution in [2.75, 3.05) is 0 Å². The lowest BCUT2D eigenvalue weighted by atomic mass is 10.1. The van der Waals surface area contributed by atoms with Crippen LogP contribution in [0.15, 0.2) is 77.0 Å². The minimum absolute atomic E-state index is 0.0580. The van der Waals surface area contributed by atoms with E-state index in [2.05, 4.69) is 9.97 Å². The number of hydrogen-bond donors (Lipinski definition) is 1. The summed E-state index contributed by atoms with van der Waals surface area (Å²) in [6.07, 6.45) is 4.01. The Labute approximate surface area is 233 Å². The second-order valence-corrected chi connectivity index (χ2v) is 12.4. The van der Waals surface area contributed by atoms with E-state index in [1.165, 1.54) is 18.2 Å². The van der Waals surface area contributed by atoms with Crippen LogP contribution in [0.3, 0.4) is 0 Å². The van der Waals surface area contributed by atoms with E-state index in [9.17, 15) is 13.2 Å². The van der Waals surface area contributed by atoms with E-state index in [4.69, 9.17) is 23.2 Å². The SMILES string of the molecule is Cc1nc2ccc(C(=O)NS(=O)(=O)c3ccc(Cl)s3)nc2n1Cc1ccc(/C=C/c2ccccc2)cc1Cl. The molecule has 0 aliphatic heterocycles. The number of rotatable bonds is 7. The molecule has 0 unspecified atom stereocenters. The van der Waals surface area contributed by atoms with Crippen molar-refractivity contribution in [1.29, 1.82) is 0 Å². The highest BCUT2D eigenvalue weighted by molar-refractivity contribution is 7.92. The summed E-state index contributed by atoms with van der Waals surface area (Å²) in [5.41, 5.74) is 3.85. The van der Waals surface area contributed by atoms with Crippen molar-refractivity contribution >= 4 is 73.8 Å². The fraction of sp³-hybridized carbons (Fsp3) is 0.0741. The van der Waals surface area contributed by atoms with Crippen LogP contribution in [0.5, 0.6) is 0 Å². The molecule has 0 bridgehead atoms. The third kappa shape index (κ3) is 5.66. The second kappa shape index (κ2) is 10.7. The van der Waals surface area contributed by atoms with Crippen LogP contribution in [0.2, 0.25) is 9.36 Å². The monoisotopic (exact) mass is 582 g/mol. The second-order valence-electron chi connectivity index (χ2n) is 8.37. The molecule has 0 fully saturated rings. The molecule has 3 heterocycles. The molecule has 0 radical (unpaired) electrons. The maximum atomic E-state index is 12.8. The maximum Gasteiger partial charge on any atom is 0.283 e. The van der Waals surface area contributed by atoms with Gasteiger partial charge in [-0.1, -0.05) is 77.8 Å². The van der Waals surface area contributed by atoms with Gasteiger partial charge in [0, 0.05) is 5.02 Å². The Kier molecular flexibility index (Phi) is 7.36. The Balaban J connectivity index is 1.39. The van der Waals surface area contributed by atoms with Gasteiger partial charge in [0.2, 0.25) is 0 Å². The van der Waals surface area contributed by atoms with Crippen LogP contribution >= 0.6 is 34.5 Å². The number of carbonyl (C=O) groups is 1. The molecule has 0 aliphatic carbocycles. The molecule has 0 atom stereocenters. The maximum absolute atomic E-state index is 12.8. The van der Waals surface area contributed by atoms with Gasteiger partial charge < -0.3 is 4.57 Å². The van der Waals surface area contributed by atoms with E-state index in [-0.39, 0.29) is 9.90 Å². The number of nitrogens with one attached hydrogen (secondary N) is 1. The van der Waals surface area contributed by atoms with Gasteiger partial charge in [0.1, 0.15) is 21.2 Å². The molecule has 0 spiro atoms. The first-order chi connectivity index (χ1) is 18.2. The molecular weight excluding hydrogens is 563 g/mol. The van der Waals surface area contributed by atoms with Crippen molar-refractivity contribution in [3.05, 3.63) is 110 Å². The predicted molar refractivity (Wildman–Crippen MR) is 152 cm³/mol. The number of nitrogens with zero attached hydrogens (tertiary/aromatic N) is 3. The van der Waals surface area contributed by atoms with E-state index < -0.39 is 15.9 Å². The van der Waals surface area contributed by atoms with Crippen LogP contribution in [0.25, 0.3) is 23.3 Å². The average molecular weight is 584 g/mol. The lowest BCUT2D eigenvalue weighted by Gasteiger charge is -2.10. The Morgan fingerprint density at radius 1 is 0.974 bits per heavy atom. The number of aryl methyl sites for hydroxylation is 1. The first kappa shape index (κ1) is 26.1. The third-order valence-corrected chi connectivity index (χ3v) is 9.14. The number of carbonyl (C=O) groups excluding carboxylic acids is 1. The first-order valence-corrected chi connectivity index (χ1v) is 14.4. The molecule has 5 aromatic rings. The standard InChI is InChI=1S/C27H20Cl2N4O3S2/c1-17-30-22-11-12-23(27(34)32-38(35,36)25-14-13-24(29)37-25)31-26(22)33(17)16-20-10-9-19(15-21(20)28)8-7-18-5-3-2-4-6-18/h2-15H,16H2,1H3,(H,32,34)/b8-7+. The summed E-state index contributed by atoms with van der Waals surface area (Å²) < 4.78 is 29.2. The van der Waals surface area contributed by atoms with Crippen LogP contribution < -0.4 is 4.72 Å². The topological polar surface area (TPSA) is 93.9 Å². The summed E-state index contributed by atoms with van der Waals surface area (Å²) in [5, 5.41) is 0.580. The quantitative estimate of drug-likeness (QED) is 0.223. The number of benzene rings is 2. The Hall–Kier alpha value is -3.50. The summed E-state index contributed by atoms with van der Waals surface area (Å²) in [5.74, 6) is -0.176. The minimum atomic E-state index is -4.08. The fourth-order valence-corrected chi connectivity index (χ4v) is 6.51. The number of aromatic nitrogens is 3. The van der Waals surface area contributed by atoms with Gasteiger partial charge in [-0.3, -0.25) is 4.79 Å². The fourth-order valence-electron chi connectivity index (χ4n) is 3.82. The number of halogens is 2. The van der Waals surface area contributed by atoms with Crippen molar-refractivity contribution in [2.24, 2.45) is 0 Å². The molecule has 7 nitrogen and oxygen atoms in total. The highest BCUT2D eigenvalue weighted by Crippen LogP contribution is 2.26. The van der Waals surface area contributed by atoms with Crippen molar-refractivity contribution in [1.82, 2.24) is 19.3 Å². The minimum Gasteiger partial charge on any atom is -0.308 e. The van der Waals surface area contributed by atoms with E-state index in [1.807, 2.05) is 76.9 Å². The smallest absolute Gasteiger partial charge is 0.283 e. The van der Waals surface area contributed by atoms with Crippen LogP contribution in [-0.2, 0) is 16.6 Å². The summed E-state index contributed by atoms with van der Waals surface area (Å²) >= 11 is 13.3. The van der Waals surface area contributed by atoms with Crippen LogP contribution in [0.1, 0.15) is 33.0 Å². The zero-order valence-electron chi connectivity index (χ0n) is 19.9. The molecule has 0 saturated carbocycles. The lowest BCUT2D eigenvalue weighted by Crippen LogP contribution is -2.30. The Morgan fingerprint density at radius 3 is 2.45 bits per heavy atom. The van der Waals surface area contributed by atoms with Gasteiger partial charge in [-0.2, -0.15) is 0 Å². The van der Waals surface area contributed by atoms with Crippen LogP contribution in [0, 0.1) is 6.92 Å². The molecule has 0 aliphatic rings. The normalized spacial score (nSPS) is 11.9. The average Bonchev–Trinajstić information content (AvgIpc) is 3.47. The number of pyridine rings is 1. The van der Waals surface area contributed by atoms with Crippen molar-refractivity contribution < 1.29 is 13.2 Å². The van der Waals surface area contributed by atoms with E-state index in [0.29, 0.717) is 32.9 Å². The summed E-state index contributed by atoms with van der Waals surface area (Å²) in [4.78, 5) is 21.7. The molecule has 38 heavy (non-hydrogen) atoms. The van der Waals surface area contributed by atoms with Gasteiger partial charge in [-0.05, 0) is 53.9 Å². The number of imidazole rings is 1. The molecule has 5 rings (SSSR count). The molecule has 11 heteroatoms. The molecule has 2 aromatic carbocycles. The summed E-state index contributed by atoms with van der Waals surface area (Å²) in [7, 11) is -4.08. The van der Waals surface area contributed by atoms with E-state index in [1.54, 1.807) is 6.07 Å². The van der Waals surface area contributed by atoms with E-state index >= 15 is 0 Å². The Bertz CT molecular complexity index is 1800. The van der Waals surface area contributed by atoms with Crippen molar-refractivity contribution in [3.63, 3.8) is 0 Å². The molecule has 3 aromatic heterocycles. The highest BCUT2D eigenvalue weighted by atomic mass is 35.5. The van der Waals surface area contributed by atoms with Gasteiger partial charge >= 0.3 is 0 Å². The van der Waals surface area contributed by atoms with Crippen molar-refractivity contribution in [2.45, 2.75) is 17.7 Å². The summed E-state index contributed by atoms with van der Waals surface area (Å²) in [6, 6.07) is 21.6. The van der Waals surface area contributed by atoms with Crippen LogP contribution in [-0.4, -0.2) is 28.9 Å². The van der Waals surface area contributed by atoms with Crippen molar-refractivity contribution in [3.8, 4) is 0 Å². The van der Waals surface area contributed by atoms with E-state index in [0.717, 1.165) is 28.0 Å². The third-order valence-electron chi connectivity index (χ3n) is 5.73. The molecule has 0 saturated heterocycles. The number of amides is 1. The lowest BCUT2D eigenvalue weighted by molar-refractivity contribution is 0.0977. The first-order valence-electron chi connectivity index (χ1n) is 11.4. The Morgan fingerprint density at radius 2 is 1.74 bits per heavy atom. The zero-order valence-corrected chi connectivity index (χ0v) is 23.1. The number of fused-ring (bicyclic) bond motifs is 1. The van der Waals surface area contributed by atoms with Gasteiger partial charge in [-0.15, -0.1) is 11.3 Å². The van der Waals surface area contributed by atoms with Gasteiger partial charge in [0.05, 0.1) is 10.9 Å². The molecular formula is C27H20Cl2N4O3S2. The zero-order chi connectivity index (χ0) is 26.9. The number of hydrogen-bond acceptors (Lipinski definition) is 6. The van der Waals surface area contributed by atoms with Gasteiger partial charge in [0.15, 0.2) is 5.65 Å². The predicted octanol–water partition coefficient (Wildman–Crippen LogP) is 6.45.